The van der Waals surface area contributed by atoms with Crippen molar-refractivity contribution in [1.29, 1.82) is 0 Å². The maximum absolute atomic E-state index is 12.7. The van der Waals surface area contributed by atoms with Gasteiger partial charge in [0.05, 0.1) is 0 Å². The van der Waals surface area contributed by atoms with Crippen LogP contribution in [0.2, 0.25) is 0 Å². The van der Waals surface area contributed by atoms with Crippen molar-refractivity contribution in [3.8, 4) is 0 Å². The molecule has 0 saturated heterocycles. The summed E-state index contributed by atoms with van der Waals surface area (Å²) in [4.78, 5) is 25.9. The summed E-state index contributed by atoms with van der Waals surface area (Å²) < 4.78 is 23.4. The molecular formula is C26H35NO5S3. The number of amides is 1. The summed E-state index contributed by atoms with van der Waals surface area (Å²) in [6.45, 7) is 10.6. The van der Waals surface area contributed by atoms with Crippen LogP contribution in [0.25, 0.3) is 0 Å². The molecule has 2 atom stereocenters. The topological polar surface area (TPSA) is 81.7 Å². The molecule has 0 aromatic heterocycles. The first kappa shape index (κ1) is 29.3. The second kappa shape index (κ2) is 13.4. The molecule has 2 aromatic carbocycles. The van der Waals surface area contributed by atoms with E-state index in [4.69, 9.17) is 9.47 Å². The van der Waals surface area contributed by atoms with Gasteiger partial charge >= 0.3 is 12.1 Å². The van der Waals surface area contributed by atoms with Crippen LogP contribution in [-0.2, 0) is 36.6 Å². The van der Waals surface area contributed by atoms with Gasteiger partial charge in [-0.25, -0.2) is 9.59 Å². The maximum atomic E-state index is 12.7. The van der Waals surface area contributed by atoms with Crippen LogP contribution in [0.3, 0.4) is 0 Å². The fourth-order valence-corrected chi connectivity index (χ4v) is 6.29. The van der Waals surface area contributed by atoms with Crippen LogP contribution in [0.15, 0.2) is 59.5 Å². The minimum absolute atomic E-state index is 0.295. The molecule has 2 aromatic rings. The minimum Gasteiger partial charge on any atom is -0.458 e. The smallest absolute Gasteiger partial charge is 0.408 e. The first-order valence-electron chi connectivity index (χ1n) is 11.3. The van der Waals surface area contributed by atoms with Crippen LogP contribution < -0.4 is 5.32 Å². The summed E-state index contributed by atoms with van der Waals surface area (Å²) in [5, 5.41) is 2.63. The second-order valence-electron chi connectivity index (χ2n) is 9.96. The maximum Gasteiger partial charge on any atom is 0.408 e. The van der Waals surface area contributed by atoms with Gasteiger partial charge in [0.15, 0.2) is 0 Å². The van der Waals surface area contributed by atoms with E-state index in [1.54, 1.807) is 41.5 Å². The average molecular weight is 538 g/mol. The van der Waals surface area contributed by atoms with Gasteiger partial charge in [-0.05, 0) is 64.8 Å². The Balaban J connectivity index is 1.95. The van der Waals surface area contributed by atoms with E-state index < -0.39 is 40.1 Å². The zero-order valence-electron chi connectivity index (χ0n) is 21.2. The van der Waals surface area contributed by atoms with Crippen molar-refractivity contribution in [3.63, 3.8) is 0 Å². The molecule has 0 aliphatic rings. The molecule has 0 aliphatic heterocycles. The van der Waals surface area contributed by atoms with E-state index in [-0.39, 0.29) is 0 Å². The molecule has 35 heavy (non-hydrogen) atoms. The second-order valence-corrected chi connectivity index (χ2v) is 13.8. The molecule has 0 fully saturated rings. The Labute approximate surface area is 219 Å². The molecule has 0 spiro atoms. The number of carbonyl (C=O) groups excluding carboxylic acids is 2. The van der Waals surface area contributed by atoms with Gasteiger partial charge in [0.1, 0.15) is 17.2 Å². The van der Waals surface area contributed by atoms with Crippen molar-refractivity contribution in [2.45, 2.75) is 75.2 Å². The predicted molar refractivity (Wildman–Crippen MR) is 146 cm³/mol. The van der Waals surface area contributed by atoms with Crippen molar-refractivity contribution in [1.82, 2.24) is 5.32 Å². The van der Waals surface area contributed by atoms with Gasteiger partial charge in [0, 0.05) is 33.0 Å². The minimum atomic E-state index is -1.01. The van der Waals surface area contributed by atoms with E-state index in [1.165, 1.54) is 21.6 Å². The molecule has 0 bridgehead atoms. The van der Waals surface area contributed by atoms with Gasteiger partial charge in [0.25, 0.3) is 0 Å². The Kier molecular flexibility index (Phi) is 11.2. The highest BCUT2D eigenvalue weighted by molar-refractivity contribution is 8.76. The fourth-order valence-electron chi connectivity index (χ4n) is 2.85. The van der Waals surface area contributed by atoms with Crippen molar-refractivity contribution in [3.05, 3.63) is 65.7 Å². The van der Waals surface area contributed by atoms with Crippen LogP contribution in [0.4, 0.5) is 4.79 Å². The number of alkyl carbamates (subject to hydrolysis) is 1. The third kappa shape index (κ3) is 12.5. The molecule has 9 heteroatoms. The van der Waals surface area contributed by atoms with E-state index in [1.807, 2.05) is 54.6 Å². The van der Waals surface area contributed by atoms with Gasteiger partial charge in [-0.1, -0.05) is 64.1 Å². The third-order valence-electron chi connectivity index (χ3n) is 4.17. The lowest BCUT2D eigenvalue weighted by Crippen LogP contribution is -2.47. The normalized spacial score (nSPS) is 13.5. The number of nitrogens with one attached hydrogen (secondary N) is 1. The molecule has 1 amide bonds. The van der Waals surface area contributed by atoms with Gasteiger partial charge in [-0.15, -0.1) is 0 Å². The lowest BCUT2D eigenvalue weighted by atomic mass is 10.2. The first-order chi connectivity index (χ1) is 16.3. The van der Waals surface area contributed by atoms with Crippen LogP contribution in [-0.4, -0.2) is 39.3 Å². The van der Waals surface area contributed by atoms with Crippen molar-refractivity contribution < 1.29 is 23.3 Å². The highest BCUT2D eigenvalue weighted by atomic mass is 33.1. The molecule has 0 radical (unpaired) electrons. The van der Waals surface area contributed by atoms with Gasteiger partial charge in [-0.2, -0.15) is 0 Å². The summed E-state index contributed by atoms with van der Waals surface area (Å²) in [6.07, 6.45) is -0.665. The largest absolute Gasteiger partial charge is 0.458 e. The summed E-state index contributed by atoms with van der Waals surface area (Å²) in [5.41, 5.74) is 0.691. The molecule has 1 N–H and O–H groups in total. The van der Waals surface area contributed by atoms with E-state index in [2.05, 4.69) is 5.32 Å². The molecule has 0 aliphatic carbocycles. The lowest BCUT2D eigenvalue weighted by Gasteiger charge is -2.26. The first-order valence-corrected chi connectivity index (χ1v) is 15.1. The summed E-state index contributed by atoms with van der Waals surface area (Å²) in [7, 11) is 1.90. The standard InChI is InChI=1S/C26H35NO5S3/c1-25(2,3)31-23(28)22(27-24(29)32-26(4,5)6)16-33-34-21-14-10-13-20(15-21)18-35(30)17-19-11-8-7-9-12-19/h7-15,22H,16-18H2,1-6H3,(H,27,29)/t22-,35?/m0/s1. The zero-order valence-corrected chi connectivity index (χ0v) is 23.6. The predicted octanol–water partition coefficient (Wildman–Crippen LogP) is 6.11. The van der Waals surface area contributed by atoms with Gasteiger partial charge in [0.2, 0.25) is 0 Å². The number of ether oxygens (including phenoxy) is 2. The Bertz CT molecular complexity index is 1000. The Morgan fingerprint density at radius 1 is 0.886 bits per heavy atom. The summed E-state index contributed by atoms with van der Waals surface area (Å²) >= 11 is 0. The molecule has 0 saturated carbocycles. The summed E-state index contributed by atoms with van der Waals surface area (Å²) in [6, 6.07) is 16.8. The summed E-state index contributed by atoms with van der Waals surface area (Å²) in [5.74, 6) is 0.764. The molecule has 2 rings (SSSR count). The van der Waals surface area contributed by atoms with Gasteiger partial charge in [-0.3, -0.25) is 4.21 Å². The van der Waals surface area contributed by atoms with E-state index >= 15 is 0 Å². The molecule has 6 nitrogen and oxygen atoms in total. The van der Waals surface area contributed by atoms with Crippen LogP contribution >= 0.6 is 21.6 Å². The SMILES string of the molecule is CC(C)(C)OC(=O)N[C@@H](CSSc1cccc(CS(=O)Cc2ccccc2)c1)C(=O)OC(C)(C)C. The monoisotopic (exact) mass is 537 g/mol. The molecule has 192 valence electrons. The average Bonchev–Trinajstić information content (AvgIpc) is 2.71. The fraction of sp³-hybridized carbons (Fsp3) is 0.462. The van der Waals surface area contributed by atoms with Crippen LogP contribution in [0.1, 0.15) is 52.7 Å². The van der Waals surface area contributed by atoms with Gasteiger partial charge < -0.3 is 14.8 Å². The van der Waals surface area contributed by atoms with E-state index in [0.29, 0.717) is 17.3 Å². The Hall–Kier alpha value is -1.97. The lowest BCUT2D eigenvalue weighted by molar-refractivity contribution is -0.156. The number of hydrogen-bond acceptors (Lipinski definition) is 7. The zero-order chi connectivity index (χ0) is 26.1. The van der Waals surface area contributed by atoms with Crippen LogP contribution in [0, 0.1) is 0 Å². The van der Waals surface area contributed by atoms with Crippen molar-refractivity contribution in [2.75, 3.05) is 5.75 Å². The number of hydrogen-bond donors (Lipinski definition) is 1. The van der Waals surface area contributed by atoms with Crippen LogP contribution in [0.5, 0.6) is 0 Å². The number of esters is 1. The Morgan fingerprint density at radius 3 is 2.11 bits per heavy atom. The molecule has 0 heterocycles. The van der Waals surface area contributed by atoms with E-state index in [0.717, 1.165) is 16.0 Å². The quantitative estimate of drug-likeness (QED) is 0.289. The van der Waals surface area contributed by atoms with Crippen molar-refractivity contribution in [2.24, 2.45) is 0 Å². The molecule has 1 unspecified atom stereocenters. The van der Waals surface area contributed by atoms with E-state index in [9.17, 15) is 13.8 Å². The van der Waals surface area contributed by atoms with Crippen molar-refractivity contribution >= 4 is 44.4 Å². The highest BCUT2D eigenvalue weighted by Crippen LogP contribution is 2.32. The number of carbonyl (C=O) groups is 2. The molecular weight excluding hydrogens is 502 g/mol. The Morgan fingerprint density at radius 2 is 1.49 bits per heavy atom. The number of rotatable bonds is 10. The third-order valence-corrected chi connectivity index (χ3v) is 7.85. The number of benzene rings is 2. The highest BCUT2D eigenvalue weighted by Gasteiger charge is 2.28.